The molecule has 0 rings (SSSR count). The van der Waals surface area contributed by atoms with Gasteiger partial charge in [-0.05, 0) is 13.3 Å². The molecule has 1 N–H and O–H groups in total. The van der Waals surface area contributed by atoms with Gasteiger partial charge in [0.05, 0.1) is 13.2 Å². The molecule has 0 spiro atoms. The summed E-state index contributed by atoms with van der Waals surface area (Å²) in [5.41, 5.74) is 2.23. The number of hydroxylamine groups is 1. The van der Waals surface area contributed by atoms with Crippen LogP contribution in [0, 0.1) is 0 Å². The van der Waals surface area contributed by atoms with E-state index in [1.165, 1.54) is 32.1 Å². The fourth-order valence-electron chi connectivity index (χ4n) is 1.40. The summed E-state index contributed by atoms with van der Waals surface area (Å²) in [6.45, 7) is 4.91. The maximum Gasteiger partial charge on any atom is 0.431 e. The van der Waals surface area contributed by atoms with Gasteiger partial charge in [-0.3, -0.25) is 4.84 Å². The first-order chi connectivity index (χ1) is 7.81. The van der Waals surface area contributed by atoms with Crippen molar-refractivity contribution >= 4 is 6.09 Å². The topological polar surface area (TPSA) is 47.6 Å². The van der Waals surface area contributed by atoms with Crippen molar-refractivity contribution in [2.24, 2.45) is 0 Å². The number of nitrogens with one attached hydrogen (secondary N) is 1. The molecular formula is C12H25NO3. The van der Waals surface area contributed by atoms with Crippen molar-refractivity contribution < 1.29 is 14.4 Å². The molecule has 4 heteroatoms. The monoisotopic (exact) mass is 231 g/mol. The molecule has 4 nitrogen and oxygen atoms in total. The Morgan fingerprint density at radius 3 is 2.25 bits per heavy atom. The van der Waals surface area contributed by atoms with Crippen molar-refractivity contribution in [1.82, 2.24) is 5.48 Å². The van der Waals surface area contributed by atoms with Gasteiger partial charge in [0.15, 0.2) is 0 Å². The first-order valence-corrected chi connectivity index (χ1v) is 6.35. The highest BCUT2D eigenvalue weighted by molar-refractivity contribution is 5.65. The Balaban J connectivity index is 3.01. The zero-order valence-electron chi connectivity index (χ0n) is 10.6. The average molecular weight is 231 g/mol. The fraction of sp³-hybridized carbons (Fsp3) is 0.917. The third-order valence-electron chi connectivity index (χ3n) is 2.28. The second-order valence-electron chi connectivity index (χ2n) is 3.79. The molecule has 0 saturated heterocycles. The predicted molar refractivity (Wildman–Crippen MR) is 64.1 cm³/mol. The Bertz CT molecular complexity index is 162. The van der Waals surface area contributed by atoms with Crippen LogP contribution in [0.1, 0.15) is 58.8 Å². The van der Waals surface area contributed by atoms with Crippen molar-refractivity contribution in [3.05, 3.63) is 0 Å². The lowest BCUT2D eigenvalue weighted by Gasteiger charge is -2.05. The summed E-state index contributed by atoms with van der Waals surface area (Å²) in [7, 11) is 0. The van der Waals surface area contributed by atoms with Gasteiger partial charge in [0.25, 0.3) is 0 Å². The normalized spacial score (nSPS) is 10.1. The molecule has 0 heterocycles. The minimum Gasteiger partial charge on any atom is -0.448 e. The van der Waals surface area contributed by atoms with Gasteiger partial charge in [0.1, 0.15) is 0 Å². The maximum atomic E-state index is 10.8. The van der Waals surface area contributed by atoms with Crippen LogP contribution in [0.2, 0.25) is 0 Å². The Hall–Kier alpha value is -0.770. The minimum absolute atomic E-state index is 0.368. The van der Waals surface area contributed by atoms with Crippen LogP contribution in [0.25, 0.3) is 0 Å². The van der Waals surface area contributed by atoms with Crippen LogP contribution >= 0.6 is 0 Å². The van der Waals surface area contributed by atoms with Crippen LogP contribution in [0.15, 0.2) is 0 Å². The molecule has 0 aliphatic heterocycles. The lowest BCUT2D eigenvalue weighted by atomic mass is 10.1. The van der Waals surface area contributed by atoms with Gasteiger partial charge in [0.2, 0.25) is 0 Å². The number of unbranched alkanes of at least 4 members (excludes halogenated alkanes) is 6. The molecule has 0 atom stereocenters. The largest absolute Gasteiger partial charge is 0.448 e. The average Bonchev–Trinajstić information content (AvgIpc) is 2.27. The SMILES string of the molecule is CCCCCCCCCONC(=O)OCC. The number of carbonyl (C=O) groups is 1. The van der Waals surface area contributed by atoms with Gasteiger partial charge >= 0.3 is 6.09 Å². The first kappa shape index (κ1) is 15.2. The molecule has 0 aromatic heterocycles. The molecule has 96 valence electrons. The van der Waals surface area contributed by atoms with Crippen LogP contribution in [-0.4, -0.2) is 19.3 Å². The van der Waals surface area contributed by atoms with E-state index in [1.54, 1.807) is 6.92 Å². The Kier molecular flexibility index (Phi) is 11.7. The summed E-state index contributed by atoms with van der Waals surface area (Å²) in [4.78, 5) is 15.7. The molecule has 0 fully saturated rings. The van der Waals surface area contributed by atoms with Gasteiger partial charge in [-0.25, -0.2) is 4.79 Å². The first-order valence-electron chi connectivity index (χ1n) is 6.35. The molecule has 0 saturated carbocycles. The van der Waals surface area contributed by atoms with E-state index in [1.807, 2.05) is 0 Å². The third kappa shape index (κ3) is 11.3. The number of hydrogen-bond acceptors (Lipinski definition) is 3. The molecule has 0 bridgehead atoms. The summed E-state index contributed by atoms with van der Waals surface area (Å²) in [6, 6.07) is 0. The second kappa shape index (κ2) is 12.3. The van der Waals surface area contributed by atoms with E-state index in [0.29, 0.717) is 13.2 Å². The zero-order chi connectivity index (χ0) is 12.1. The molecular weight excluding hydrogens is 206 g/mol. The van der Waals surface area contributed by atoms with Gasteiger partial charge in [-0.1, -0.05) is 45.4 Å². The quantitative estimate of drug-likeness (QED) is 0.463. The van der Waals surface area contributed by atoms with E-state index in [9.17, 15) is 4.79 Å². The number of ether oxygens (including phenoxy) is 1. The summed E-state index contributed by atoms with van der Waals surface area (Å²) in [6.07, 6.45) is 8.14. The van der Waals surface area contributed by atoms with E-state index in [-0.39, 0.29) is 0 Å². The van der Waals surface area contributed by atoms with Crippen molar-refractivity contribution in [3.8, 4) is 0 Å². The number of amides is 1. The minimum atomic E-state index is -0.509. The van der Waals surface area contributed by atoms with E-state index in [4.69, 9.17) is 4.84 Å². The van der Waals surface area contributed by atoms with Crippen LogP contribution in [0.5, 0.6) is 0 Å². The van der Waals surface area contributed by atoms with Gasteiger partial charge in [-0.2, -0.15) is 5.48 Å². The summed E-state index contributed by atoms with van der Waals surface area (Å²) in [5.74, 6) is 0. The number of hydrogen-bond donors (Lipinski definition) is 1. The maximum absolute atomic E-state index is 10.8. The molecule has 0 aromatic carbocycles. The summed E-state index contributed by atoms with van der Waals surface area (Å²) >= 11 is 0. The molecule has 0 aliphatic rings. The molecule has 0 aliphatic carbocycles. The van der Waals surface area contributed by atoms with Crippen molar-refractivity contribution in [3.63, 3.8) is 0 Å². The Morgan fingerprint density at radius 1 is 1.00 bits per heavy atom. The second-order valence-corrected chi connectivity index (χ2v) is 3.79. The molecule has 0 radical (unpaired) electrons. The van der Waals surface area contributed by atoms with E-state index < -0.39 is 6.09 Å². The highest BCUT2D eigenvalue weighted by Gasteiger charge is 1.98. The zero-order valence-corrected chi connectivity index (χ0v) is 10.6. The predicted octanol–water partition coefficient (Wildman–Crippen LogP) is 3.41. The lowest BCUT2D eigenvalue weighted by molar-refractivity contribution is 0.0277. The number of rotatable bonds is 10. The highest BCUT2D eigenvalue weighted by atomic mass is 16.7. The van der Waals surface area contributed by atoms with Crippen molar-refractivity contribution in [1.29, 1.82) is 0 Å². The molecule has 16 heavy (non-hydrogen) atoms. The van der Waals surface area contributed by atoms with Gasteiger partial charge in [-0.15, -0.1) is 0 Å². The molecule has 0 aromatic rings. The van der Waals surface area contributed by atoms with E-state index in [2.05, 4.69) is 17.1 Å². The van der Waals surface area contributed by atoms with Crippen LogP contribution in [0.3, 0.4) is 0 Å². The van der Waals surface area contributed by atoms with Crippen molar-refractivity contribution in [2.45, 2.75) is 58.8 Å². The van der Waals surface area contributed by atoms with Gasteiger partial charge < -0.3 is 4.74 Å². The van der Waals surface area contributed by atoms with Gasteiger partial charge in [0, 0.05) is 0 Å². The fourth-order valence-corrected chi connectivity index (χ4v) is 1.40. The standard InChI is InChI=1S/C12H25NO3/c1-3-5-6-7-8-9-10-11-16-13-12(14)15-4-2/h3-11H2,1-2H3,(H,13,14). The molecule has 1 amide bonds. The summed E-state index contributed by atoms with van der Waals surface area (Å²) < 4.78 is 4.64. The number of carbonyl (C=O) groups excluding carboxylic acids is 1. The molecule has 0 unspecified atom stereocenters. The lowest BCUT2D eigenvalue weighted by Crippen LogP contribution is -2.24. The van der Waals surface area contributed by atoms with Crippen LogP contribution < -0.4 is 5.48 Å². The smallest absolute Gasteiger partial charge is 0.431 e. The van der Waals surface area contributed by atoms with Crippen molar-refractivity contribution in [2.75, 3.05) is 13.2 Å². The van der Waals surface area contributed by atoms with E-state index in [0.717, 1.165) is 12.8 Å². The Morgan fingerprint density at radius 2 is 1.62 bits per heavy atom. The Labute approximate surface area is 98.6 Å². The summed E-state index contributed by atoms with van der Waals surface area (Å²) in [5, 5.41) is 0. The van der Waals surface area contributed by atoms with Crippen LogP contribution in [-0.2, 0) is 9.57 Å². The third-order valence-corrected chi connectivity index (χ3v) is 2.28. The highest BCUT2D eigenvalue weighted by Crippen LogP contribution is 2.06. The van der Waals surface area contributed by atoms with Crippen LogP contribution in [0.4, 0.5) is 4.79 Å². The van der Waals surface area contributed by atoms with E-state index >= 15 is 0 Å².